The molecule has 0 aromatic heterocycles. The monoisotopic (exact) mass is 1300 g/mol. The second-order valence-corrected chi connectivity index (χ2v) is 21.1. The largest absolute Gasteiger partial charge is 0.481 e. The molecule has 0 unspecified atom stereocenters. The van der Waals surface area contributed by atoms with Crippen LogP contribution in [0.5, 0.6) is 0 Å². The summed E-state index contributed by atoms with van der Waals surface area (Å²) in [6.07, 6.45) is -3.25. The highest BCUT2D eigenvalue weighted by Crippen LogP contribution is 2.11. The molecule has 0 saturated carbocycles. The summed E-state index contributed by atoms with van der Waals surface area (Å²) < 4.78 is 0. The van der Waals surface area contributed by atoms with Crippen LogP contribution in [0, 0.1) is 5.92 Å². The first-order chi connectivity index (χ1) is 42.6. The molecule has 0 aliphatic heterocycles. The number of aliphatic imine (C=N–C) groups is 2. The number of carbonyl (C=O) groups is 15. The minimum Gasteiger partial charge on any atom is -0.481 e. The fourth-order valence-electron chi connectivity index (χ4n) is 8.04. The van der Waals surface area contributed by atoms with Crippen molar-refractivity contribution in [1.82, 2.24) is 53.2 Å². The van der Waals surface area contributed by atoms with Gasteiger partial charge in [0.05, 0.1) is 32.2 Å². The Hall–Kier alpha value is -9.57. The Balaban J connectivity index is 6.47. The van der Waals surface area contributed by atoms with Crippen molar-refractivity contribution in [3.05, 3.63) is 0 Å². The molecule has 0 aromatic carbocycles. The normalized spacial score (nSPS) is 14.1. The number of guanidine groups is 2. The fourth-order valence-corrected chi connectivity index (χ4v) is 8.04. The molecule has 0 rings (SSSR count). The van der Waals surface area contributed by atoms with Gasteiger partial charge >= 0.3 is 11.9 Å². The number of aliphatic carboxylic acids is 2. The number of amides is 13. The van der Waals surface area contributed by atoms with Gasteiger partial charge in [-0.25, -0.2) is 4.79 Å². The van der Waals surface area contributed by atoms with Gasteiger partial charge in [-0.2, -0.15) is 0 Å². The van der Waals surface area contributed by atoms with Crippen LogP contribution in [0.15, 0.2) is 9.98 Å². The zero-order valence-corrected chi connectivity index (χ0v) is 50.7. The summed E-state index contributed by atoms with van der Waals surface area (Å²) in [6.45, 7) is 0.0611. The molecule has 0 heterocycles. The first kappa shape index (κ1) is 81.4. The topological polar surface area (TPSA) is 716 Å². The minimum atomic E-state index is -2.01. The van der Waals surface area contributed by atoms with E-state index >= 15 is 0 Å². The van der Waals surface area contributed by atoms with Gasteiger partial charge < -0.3 is 125 Å². The van der Waals surface area contributed by atoms with Crippen LogP contribution in [-0.2, 0) is 71.9 Å². The van der Waals surface area contributed by atoms with E-state index in [1.807, 2.05) is 10.6 Å². The molecule has 10 atom stereocenters. The molecule has 32 N–H and O–H groups in total. The zero-order chi connectivity index (χ0) is 69.5. The van der Waals surface area contributed by atoms with E-state index in [1.54, 1.807) is 13.8 Å². The Labute approximate surface area is 522 Å². The number of unbranched alkanes of at least 4 members (excludes halogenated alkanes) is 1. The molecule has 0 aliphatic carbocycles. The molecule has 0 aromatic rings. The van der Waals surface area contributed by atoms with Crippen LogP contribution in [0.3, 0.4) is 0 Å². The lowest BCUT2D eigenvalue weighted by Crippen LogP contribution is -2.60. The van der Waals surface area contributed by atoms with Crippen LogP contribution < -0.4 is 105 Å². The van der Waals surface area contributed by atoms with E-state index in [0.717, 1.165) is 0 Å². The highest BCUT2D eigenvalue weighted by Gasteiger charge is 2.36. The molecule has 0 fully saturated rings. The van der Waals surface area contributed by atoms with E-state index in [-0.39, 0.29) is 69.5 Å². The van der Waals surface area contributed by atoms with Gasteiger partial charge in [0.1, 0.15) is 54.4 Å². The van der Waals surface area contributed by atoms with E-state index in [1.165, 1.54) is 0 Å². The summed E-state index contributed by atoms with van der Waals surface area (Å²) in [5, 5.41) is 61.9. The van der Waals surface area contributed by atoms with Crippen LogP contribution in [-0.4, -0.2) is 221 Å². The summed E-state index contributed by atoms with van der Waals surface area (Å²) in [7, 11) is 0. The van der Waals surface area contributed by atoms with Crippen LogP contribution in [0.4, 0.5) is 0 Å². The van der Waals surface area contributed by atoms with Crippen LogP contribution in [0.1, 0.15) is 110 Å². The SMILES string of the molecule is CC(C)C[C@H](NC(=O)[C@H](CCC(N)=O)NC(=O)[C@H](CCC(N)=O)NC(=O)[C@H](CO)NC(=O)[C@H](CO)NC(=O)CNC(=O)[C@H](CC(=O)O)NC(=O)[C@H](CCCN=C(N)N)NC(=O)[C@H](CCCN=C(N)N)NC(=O)[C@@H](N)CCCCN)C(=O)N[C@@H](CCC(N)=O)C(=O)O. The van der Waals surface area contributed by atoms with Crippen molar-refractivity contribution in [1.29, 1.82) is 0 Å². The Morgan fingerprint density at radius 1 is 0.407 bits per heavy atom. The van der Waals surface area contributed by atoms with Gasteiger partial charge in [-0.15, -0.1) is 0 Å². The van der Waals surface area contributed by atoms with Crippen molar-refractivity contribution in [2.45, 2.75) is 171 Å². The predicted molar refractivity (Wildman–Crippen MR) is 320 cm³/mol. The number of hydrogen-bond acceptors (Lipinski definition) is 21. The number of carboxylic acid groups (broad SMARTS) is 2. The van der Waals surface area contributed by atoms with E-state index in [0.29, 0.717) is 19.4 Å². The molecule has 0 aliphatic rings. The summed E-state index contributed by atoms with van der Waals surface area (Å²) in [5.74, 6) is -18.3. The van der Waals surface area contributed by atoms with Crippen molar-refractivity contribution >= 4 is 101 Å². The van der Waals surface area contributed by atoms with Gasteiger partial charge in [0.25, 0.3) is 0 Å². The maximum atomic E-state index is 13.9. The molecular weight excluding hydrogens is 1210 g/mol. The lowest BCUT2D eigenvalue weighted by Gasteiger charge is -2.27. The van der Waals surface area contributed by atoms with Gasteiger partial charge in [0, 0.05) is 32.4 Å². The first-order valence-electron chi connectivity index (χ1n) is 28.7. The quantitative estimate of drug-likeness (QED) is 0.0153. The minimum absolute atomic E-state index is 0.0107. The van der Waals surface area contributed by atoms with Crippen molar-refractivity contribution in [2.24, 2.45) is 67.5 Å². The van der Waals surface area contributed by atoms with Crippen LogP contribution in [0.25, 0.3) is 0 Å². The van der Waals surface area contributed by atoms with Gasteiger partial charge in [0.15, 0.2) is 11.9 Å². The molecule has 0 radical (unpaired) electrons. The van der Waals surface area contributed by atoms with Crippen molar-refractivity contribution in [3.8, 4) is 0 Å². The van der Waals surface area contributed by atoms with E-state index < -0.39 is 214 Å². The number of rotatable bonds is 48. The van der Waals surface area contributed by atoms with Gasteiger partial charge in [0.2, 0.25) is 76.8 Å². The average molecular weight is 1300 g/mol. The number of nitrogens with zero attached hydrogens (tertiary/aromatic N) is 2. The van der Waals surface area contributed by atoms with Crippen molar-refractivity contribution in [2.75, 3.05) is 39.4 Å². The Morgan fingerprint density at radius 2 is 0.758 bits per heavy atom. The molecule has 0 saturated heterocycles. The number of aliphatic hydroxyl groups is 2. The van der Waals surface area contributed by atoms with E-state index in [4.69, 9.17) is 51.6 Å². The number of nitrogens with two attached hydrogens (primary N) is 9. The smallest absolute Gasteiger partial charge is 0.326 e. The Kier molecular flexibility index (Phi) is 39.3. The molecule has 40 nitrogen and oxygen atoms in total. The highest BCUT2D eigenvalue weighted by atomic mass is 16.4. The van der Waals surface area contributed by atoms with Crippen LogP contribution >= 0.6 is 0 Å². The summed E-state index contributed by atoms with van der Waals surface area (Å²) in [6, 6.07) is -16.6. The summed E-state index contributed by atoms with van der Waals surface area (Å²) in [5.41, 5.74) is 48.9. The molecule has 40 heteroatoms. The average Bonchev–Trinajstić information content (AvgIpc) is 1.48. The maximum Gasteiger partial charge on any atom is 0.326 e. The number of aliphatic hydroxyl groups excluding tert-OH is 2. The number of primary amides is 3. The molecule has 91 heavy (non-hydrogen) atoms. The molecule has 0 bridgehead atoms. The summed E-state index contributed by atoms with van der Waals surface area (Å²) in [4.78, 5) is 202. The third kappa shape index (κ3) is 35.9. The predicted octanol–water partition coefficient (Wildman–Crippen LogP) is -11.6. The van der Waals surface area contributed by atoms with E-state index in [9.17, 15) is 92.3 Å². The number of carbonyl (C=O) groups excluding carboxylic acids is 13. The van der Waals surface area contributed by atoms with Crippen molar-refractivity contribution in [3.63, 3.8) is 0 Å². The second kappa shape index (κ2) is 44.0. The van der Waals surface area contributed by atoms with Crippen LogP contribution in [0.2, 0.25) is 0 Å². The molecule has 13 amide bonds. The van der Waals surface area contributed by atoms with Gasteiger partial charge in [-0.05, 0) is 76.7 Å². The zero-order valence-electron chi connectivity index (χ0n) is 50.7. The molecular formula is C51H91N21O19. The highest BCUT2D eigenvalue weighted by molar-refractivity contribution is 5.99. The van der Waals surface area contributed by atoms with E-state index in [2.05, 4.69) is 52.5 Å². The lowest BCUT2D eigenvalue weighted by molar-refractivity contribution is -0.143. The second-order valence-electron chi connectivity index (χ2n) is 21.1. The molecule has 0 spiro atoms. The third-order valence-corrected chi connectivity index (χ3v) is 12.8. The standard InChI is InChI=1S/C51H91N21O19/c1-24(2)19-31(46(87)69-30(49(90)91)12-15-37(56)77)70-45(86)29(11-14-36(55)76)67-44(85)28(10-13-35(54)75)68-48(89)34(23-74)72-47(88)33(22-73)64-38(78)21-63-41(82)32(20-39(79)80)71-43(84)27(9-6-18-62-51(59)60)66-42(83)26(8-5-17-61-50(57)58)65-40(81)25(53)7-3-4-16-52/h24-34,73-74H,3-23,52-53H2,1-2H3,(H2,54,75)(H2,55,76)(H2,56,77)(H,63,82)(H,64,78)(H,65,81)(H,66,83)(H,67,85)(H,68,89)(H,69,87)(H,70,86)(H,71,84)(H,72,88)(H,79,80)(H,90,91)(H4,57,58,61)(H4,59,60,62)/t25-,26-,27-,28-,29-,30-,31-,32-,33-,34-/m0/s1. The van der Waals surface area contributed by atoms with Crippen molar-refractivity contribution < 1.29 is 92.3 Å². The Morgan fingerprint density at radius 3 is 1.14 bits per heavy atom. The fraction of sp³-hybridized carbons (Fsp3) is 0.667. The first-order valence-corrected chi connectivity index (χ1v) is 28.7. The van der Waals surface area contributed by atoms with Gasteiger partial charge in [-0.1, -0.05) is 20.3 Å². The number of nitrogens with one attached hydrogen (secondary N) is 10. The third-order valence-electron chi connectivity index (χ3n) is 12.8. The Bertz CT molecular complexity index is 2570. The summed E-state index contributed by atoms with van der Waals surface area (Å²) >= 11 is 0. The number of hydrogen-bond donors (Lipinski definition) is 23. The molecule has 514 valence electrons. The van der Waals surface area contributed by atoms with Gasteiger partial charge in [-0.3, -0.25) is 77.1 Å². The maximum absolute atomic E-state index is 13.9. The number of carboxylic acids is 2. The lowest BCUT2D eigenvalue weighted by atomic mass is 10.0.